The number of benzene rings is 1. The number of rotatable bonds is 6. The second kappa shape index (κ2) is 7.62. The molecule has 1 saturated heterocycles. The van der Waals surface area contributed by atoms with E-state index in [-0.39, 0.29) is 6.04 Å². The summed E-state index contributed by atoms with van der Waals surface area (Å²) in [6.07, 6.45) is 1.13. The summed E-state index contributed by atoms with van der Waals surface area (Å²) in [5.74, 6) is 0.952. The van der Waals surface area contributed by atoms with Crippen molar-refractivity contribution in [2.45, 2.75) is 25.4 Å². The molecule has 1 fully saturated rings. The van der Waals surface area contributed by atoms with Gasteiger partial charge in [-0.05, 0) is 19.5 Å². The van der Waals surface area contributed by atoms with Crippen molar-refractivity contribution in [1.82, 2.24) is 10.2 Å². The summed E-state index contributed by atoms with van der Waals surface area (Å²) >= 11 is 0. The van der Waals surface area contributed by atoms with Crippen LogP contribution in [0.2, 0.25) is 0 Å². The fourth-order valence-electron chi connectivity index (χ4n) is 2.84. The minimum absolute atomic E-state index is 0.276. The van der Waals surface area contributed by atoms with E-state index in [4.69, 9.17) is 9.47 Å². The number of para-hydroxylation sites is 1. The van der Waals surface area contributed by atoms with E-state index < -0.39 is 0 Å². The molecule has 0 spiro atoms. The smallest absolute Gasteiger partial charge is 0.123 e. The highest BCUT2D eigenvalue weighted by Gasteiger charge is 2.25. The molecule has 1 aromatic rings. The zero-order valence-electron chi connectivity index (χ0n) is 12.8. The van der Waals surface area contributed by atoms with Crippen LogP contribution in [0.25, 0.3) is 0 Å². The lowest BCUT2D eigenvalue weighted by Gasteiger charge is -2.37. The Kier molecular flexibility index (Phi) is 5.83. The number of morpholine rings is 1. The molecule has 0 aromatic heterocycles. The molecule has 0 radical (unpaired) electrons. The van der Waals surface area contributed by atoms with Crippen LogP contribution in [0.15, 0.2) is 24.3 Å². The summed E-state index contributed by atoms with van der Waals surface area (Å²) in [6.45, 7) is 5.89. The minimum Gasteiger partial charge on any atom is -0.496 e. The average Bonchev–Trinajstić information content (AvgIpc) is 2.53. The van der Waals surface area contributed by atoms with Crippen molar-refractivity contribution >= 4 is 0 Å². The predicted molar refractivity (Wildman–Crippen MR) is 81.3 cm³/mol. The van der Waals surface area contributed by atoms with Gasteiger partial charge in [-0.3, -0.25) is 4.90 Å². The third-order valence-electron chi connectivity index (χ3n) is 4.10. The molecule has 4 nitrogen and oxygen atoms in total. The Bertz CT molecular complexity index is 411. The Labute approximate surface area is 122 Å². The van der Waals surface area contributed by atoms with Gasteiger partial charge < -0.3 is 14.8 Å². The second-order valence-electron chi connectivity index (χ2n) is 5.22. The highest BCUT2D eigenvalue weighted by Crippen LogP contribution is 2.26. The Morgan fingerprint density at radius 3 is 2.95 bits per heavy atom. The van der Waals surface area contributed by atoms with Crippen molar-refractivity contribution in [1.29, 1.82) is 0 Å². The van der Waals surface area contributed by atoms with Gasteiger partial charge in [0.05, 0.1) is 20.3 Å². The van der Waals surface area contributed by atoms with Crippen LogP contribution in [0, 0.1) is 0 Å². The van der Waals surface area contributed by atoms with Gasteiger partial charge in [0, 0.05) is 30.7 Å². The zero-order valence-corrected chi connectivity index (χ0v) is 12.8. The lowest BCUT2D eigenvalue weighted by molar-refractivity contribution is -0.0124. The highest BCUT2D eigenvalue weighted by atomic mass is 16.5. The lowest BCUT2D eigenvalue weighted by Crippen LogP contribution is -2.48. The molecule has 1 N–H and O–H groups in total. The summed E-state index contributed by atoms with van der Waals surface area (Å²) < 4.78 is 11.1. The molecule has 2 rings (SSSR count). The molecule has 2 unspecified atom stereocenters. The number of ether oxygens (including phenoxy) is 2. The fourth-order valence-corrected chi connectivity index (χ4v) is 2.84. The topological polar surface area (TPSA) is 33.7 Å². The lowest BCUT2D eigenvalue weighted by atomic mass is 10.0. The molecule has 0 bridgehead atoms. The van der Waals surface area contributed by atoms with Gasteiger partial charge in [0.15, 0.2) is 0 Å². The van der Waals surface area contributed by atoms with Crippen LogP contribution in [-0.4, -0.2) is 51.4 Å². The molecule has 0 aliphatic carbocycles. The van der Waals surface area contributed by atoms with Gasteiger partial charge in [0.1, 0.15) is 5.75 Å². The first-order valence-electron chi connectivity index (χ1n) is 7.42. The van der Waals surface area contributed by atoms with Gasteiger partial charge in [-0.15, -0.1) is 0 Å². The molecule has 1 heterocycles. The predicted octanol–water partition coefficient (Wildman–Crippen LogP) is 2.07. The molecule has 0 amide bonds. The maximum absolute atomic E-state index is 5.58. The van der Waals surface area contributed by atoms with Gasteiger partial charge in [0.25, 0.3) is 0 Å². The van der Waals surface area contributed by atoms with E-state index in [1.54, 1.807) is 7.11 Å². The number of likely N-dealkylation sites (N-methyl/N-ethyl adjacent to an activating group) is 1. The van der Waals surface area contributed by atoms with E-state index in [9.17, 15) is 0 Å². The normalized spacial score (nSPS) is 21.6. The van der Waals surface area contributed by atoms with Gasteiger partial charge in [-0.25, -0.2) is 0 Å². The number of nitrogens with zero attached hydrogens (tertiary/aromatic N) is 1. The number of methoxy groups -OCH3 is 1. The van der Waals surface area contributed by atoms with Crippen LogP contribution in [0.3, 0.4) is 0 Å². The molecular weight excluding hydrogens is 252 g/mol. The van der Waals surface area contributed by atoms with Crippen molar-refractivity contribution in [2.24, 2.45) is 0 Å². The van der Waals surface area contributed by atoms with E-state index >= 15 is 0 Å². The Morgan fingerprint density at radius 2 is 2.25 bits per heavy atom. The molecule has 4 heteroatoms. The number of nitrogens with one attached hydrogen (secondary N) is 1. The van der Waals surface area contributed by atoms with Crippen LogP contribution >= 0.6 is 0 Å². The first-order chi connectivity index (χ1) is 9.80. The van der Waals surface area contributed by atoms with Crippen LogP contribution in [0.1, 0.15) is 24.9 Å². The van der Waals surface area contributed by atoms with Crippen molar-refractivity contribution in [3.8, 4) is 5.75 Å². The van der Waals surface area contributed by atoms with Crippen molar-refractivity contribution < 1.29 is 9.47 Å². The van der Waals surface area contributed by atoms with Gasteiger partial charge >= 0.3 is 0 Å². The summed E-state index contributed by atoms with van der Waals surface area (Å²) in [5.41, 5.74) is 1.22. The quantitative estimate of drug-likeness (QED) is 0.863. The summed E-state index contributed by atoms with van der Waals surface area (Å²) in [6, 6.07) is 9.04. The fraction of sp³-hybridized carbons (Fsp3) is 0.625. The molecule has 1 aromatic carbocycles. The standard InChI is InChI=1S/C16H26N2O2/c1-4-13-12-20-10-9-18(13)11-15(17-2)14-7-5-6-8-16(14)19-3/h5-8,13,15,17H,4,9-12H2,1-3H3. The van der Waals surface area contributed by atoms with Gasteiger partial charge in [0.2, 0.25) is 0 Å². The SMILES string of the molecule is CCC1COCCN1CC(NC)c1ccccc1OC. The highest BCUT2D eigenvalue weighted by molar-refractivity contribution is 5.36. The minimum atomic E-state index is 0.276. The van der Waals surface area contributed by atoms with Crippen molar-refractivity contribution in [2.75, 3.05) is 40.5 Å². The molecule has 0 saturated carbocycles. The molecule has 2 atom stereocenters. The third kappa shape index (κ3) is 3.51. The number of hydrogen-bond acceptors (Lipinski definition) is 4. The summed E-state index contributed by atoms with van der Waals surface area (Å²) in [5, 5.41) is 3.42. The van der Waals surface area contributed by atoms with E-state index in [2.05, 4.69) is 29.3 Å². The first kappa shape index (κ1) is 15.3. The van der Waals surface area contributed by atoms with Crippen LogP contribution < -0.4 is 10.1 Å². The summed E-state index contributed by atoms with van der Waals surface area (Å²) in [7, 11) is 3.74. The van der Waals surface area contributed by atoms with Gasteiger partial charge in [-0.2, -0.15) is 0 Å². The second-order valence-corrected chi connectivity index (χ2v) is 5.22. The van der Waals surface area contributed by atoms with Crippen LogP contribution in [0.5, 0.6) is 5.75 Å². The van der Waals surface area contributed by atoms with Crippen molar-refractivity contribution in [3.05, 3.63) is 29.8 Å². The summed E-state index contributed by atoms with van der Waals surface area (Å²) in [4.78, 5) is 2.52. The Morgan fingerprint density at radius 1 is 1.45 bits per heavy atom. The Balaban J connectivity index is 2.11. The zero-order chi connectivity index (χ0) is 14.4. The molecule has 112 valence electrons. The van der Waals surface area contributed by atoms with Crippen LogP contribution in [0.4, 0.5) is 0 Å². The van der Waals surface area contributed by atoms with Crippen molar-refractivity contribution in [3.63, 3.8) is 0 Å². The monoisotopic (exact) mass is 278 g/mol. The van der Waals surface area contributed by atoms with E-state index in [1.807, 2.05) is 19.2 Å². The van der Waals surface area contributed by atoms with Crippen LogP contribution in [-0.2, 0) is 4.74 Å². The number of hydrogen-bond donors (Lipinski definition) is 1. The molecule has 1 aliphatic rings. The third-order valence-corrected chi connectivity index (χ3v) is 4.10. The van der Waals surface area contributed by atoms with E-state index in [0.29, 0.717) is 6.04 Å². The average molecular weight is 278 g/mol. The Hall–Kier alpha value is -1.10. The first-order valence-corrected chi connectivity index (χ1v) is 7.42. The maximum Gasteiger partial charge on any atom is 0.123 e. The van der Waals surface area contributed by atoms with E-state index in [0.717, 1.165) is 38.5 Å². The molecular formula is C16H26N2O2. The molecule has 1 aliphatic heterocycles. The largest absolute Gasteiger partial charge is 0.496 e. The van der Waals surface area contributed by atoms with Gasteiger partial charge in [-0.1, -0.05) is 25.1 Å². The molecule has 20 heavy (non-hydrogen) atoms. The van der Waals surface area contributed by atoms with E-state index in [1.165, 1.54) is 5.56 Å². The maximum atomic E-state index is 5.58.